The van der Waals surface area contributed by atoms with Gasteiger partial charge in [0.1, 0.15) is 0 Å². The molecule has 0 unspecified atom stereocenters. The molecule has 0 aliphatic rings. The van der Waals surface area contributed by atoms with E-state index >= 15 is 0 Å². The Morgan fingerprint density at radius 2 is 2.31 bits per heavy atom. The van der Waals surface area contributed by atoms with E-state index in [4.69, 9.17) is 4.74 Å². The van der Waals surface area contributed by atoms with Gasteiger partial charge in [-0.25, -0.2) is 9.97 Å². The van der Waals surface area contributed by atoms with Crippen molar-refractivity contribution in [2.24, 2.45) is 0 Å². The molecule has 2 heterocycles. The van der Waals surface area contributed by atoms with Crippen LogP contribution in [-0.2, 0) is 0 Å². The number of pyridine rings is 1. The maximum atomic E-state index is 11.3. The van der Waals surface area contributed by atoms with Crippen LogP contribution in [0.25, 0.3) is 10.9 Å². The molecule has 2 aromatic rings. The molecule has 0 bridgehead atoms. The minimum absolute atomic E-state index is 0.189. The van der Waals surface area contributed by atoms with Crippen molar-refractivity contribution in [3.63, 3.8) is 0 Å². The van der Waals surface area contributed by atoms with E-state index < -0.39 is 0 Å². The molecule has 0 aliphatic carbocycles. The van der Waals surface area contributed by atoms with Gasteiger partial charge in [0, 0.05) is 6.07 Å². The number of nitrogens with zero attached hydrogens (tertiary/aromatic N) is 2. The molecule has 2 aromatic heterocycles. The first-order valence-corrected chi connectivity index (χ1v) is 3.68. The van der Waals surface area contributed by atoms with Crippen LogP contribution in [0.5, 0.6) is 5.88 Å². The molecular formula is C8H7N3O2. The fraction of sp³-hybridized carbons (Fsp3) is 0.125. The monoisotopic (exact) mass is 177 g/mol. The number of hydrogen-bond donors (Lipinski definition) is 1. The van der Waals surface area contributed by atoms with Crippen molar-refractivity contribution in [3.05, 3.63) is 28.9 Å². The van der Waals surface area contributed by atoms with Gasteiger partial charge in [0.2, 0.25) is 5.88 Å². The quantitative estimate of drug-likeness (QED) is 0.681. The average Bonchev–Trinajstić information content (AvgIpc) is 2.18. The molecule has 66 valence electrons. The van der Waals surface area contributed by atoms with Crippen LogP contribution in [0.4, 0.5) is 0 Å². The maximum absolute atomic E-state index is 11.3. The van der Waals surface area contributed by atoms with Gasteiger partial charge in [-0.2, -0.15) is 0 Å². The van der Waals surface area contributed by atoms with E-state index in [1.54, 1.807) is 6.07 Å². The number of aromatic nitrogens is 3. The third kappa shape index (κ3) is 1.24. The molecule has 5 nitrogen and oxygen atoms in total. The van der Waals surface area contributed by atoms with Gasteiger partial charge in [-0.05, 0) is 0 Å². The zero-order chi connectivity index (χ0) is 9.26. The Hall–Kier alpha value is -1.91. The highest BCUT2D eigenvalue weighted by molar-refractivity contribution is 5.77. The Bertz CT molecular complexity index is 492. The van der Waals surface area contributed by atoms with Gasteiger partial charge in [0.15, 0.2) is 0 Å². The number of ether oxygens (including phenoxy) is 1. The van der Waals surface area contributed by atoms with Crippen molar-refractivity contribution < 1.29 is 4.74 Å². The number of fused-ring (bicyclic) bond motifs is 1. The van der Waals surface area contributed by atoms with Gasteiger partial charge < -0.3 is 9.72 Å². The van der Waals surface area contributed by atoms with Crippen molar-refractivity contribution in [2.45, 2.75) is 0 Å². The van der Waals surface area contributed by atoms with Crippen LogP contribution in [0.15, 0.2) is 23.4 Å². The molecular weight excluding hydrogens is 170 g/mol. The Kier molecular flexibility index (Phi) is 1.70. The van der Waals surface area contributed by atoms with Gasteiger partial charge in [-0.3, -0.25) is 4.79 Å². The third-order valence-electron chi connectivity index (χ3n) is 1.71. The molecule has 13 heavy (non-hydrogen) atoms. The molecule has 1 N–H and O–H groups in total. The third-order valence-corrected chi connectivity index (χ3v) is 1.71. The fourth-order valence-electron chi connectivity index (χ4n) is 1.06. The molecule has 0 atom stereocenters. The van der Waals surface area contributed by atoms with E-state index in [2.05, 4.69) is 15.0 Å². The Morgan fingerprint density at radius 1 is 1.46 bits per heavy atom. The number of methoxy groups -OCH3 is 1. The molecule has 0 fully saturated rings. The SMILES string of the molecule is COc1cc2c(=O)[nH]cnc2cn1. The first kappa shape index (κ1) is 7.72. The number of H-pyrrole nitrogens is 1. The minimum Gasteiger partial charge on any atom is -0.481 e. The zero-order valence-electron chi connectivity index (χ0n) is 6.94. The first-order valence-electron chi connectivity index (χ1n) is 3.68. The first-order chi connectivity index (χ1) is 6.31. The number of rotatable bonds is 1. The molecule has 0 radical (unpaired) electrons. The Balaban J connectivity index is 2.82. The van der Waals surface area contributed by atoms with Gasteiger partial charge in [-0.1, -0.05) is 0 Å². The van der Waals surface area contributed by atoms with E-state index in [9.17, 15) is 4.79 Å². The van der Waals surface area contributed by atoms with E-state index in [0.717, 1.165) is 0 Å². The van der Waals surface area contributed by atoms with Crippen molar-refractivity contribution >= 4 is 10.9 Å². The summed E-state index contributed by atoms with van der Waals surface area (Å²) in [5.74, 6) is 0.408. The fourth-order valence-corrected chi connectivity index (χ4v) is 1.06. The van der Waals surface area contributed by atoms with Gasteiger partial charge >= 0.3 is 0 Å². The number of aromatic amines is 1. The highest BCUT2D eigenvalue weighted by Gasteiger charge is 2.01. The minimum atomic E-state index is -0.189. The van der Waals surface area contributed by atoms with Crippen molar-refractivity contribution in [3.8, 4) is 5.88 Å². The lowest BCUT2D eigenvalue weighted by Crippen LogP contribution is -2.06. The van der Waals surface area contributed by atoms with Crippen LogP contribution in [0, 0.1) is 0 Å². The van der Waals surface area contributed by atoms with Crippen LogP contribution in [-0.4, -0.2) is 22.1 Å². The summed E-state index contributed by atoms with van der Waals surface area (Å²) in [5, 5.41) is 0.481. The summed E-state index contributed by atoms with van der Waals surface area (Å²) in [6.07, 6.45) is 2.85. The van der Waals surface area contributed by atoms with E-state index in [1.807, 2.05) is 0 Å². The molecule has 0 amide bonds. The van der Waals surface area contributed by atoms with E-state index in [0.29, 0.717) is 16.8 Å². The summed E-state index contributed by atoms with van der Waals surface area (Å²) in [4.78, 5) is 21.6. The molecule has 5 heteroatoms. The number of nitrogens with one attached hydrogen (secondary N) is 1. The predicted octanol–water partition coefficient (Wildman–Crippen LogP) is 0.327. The summed E-state index contributed by atoms with van der Waals surface area (Å²) in [6, 6.07) is 1.56. The highest BCUT2D eigenvalue weighted by atomic mass is 16.5. The van der Waals surface area contributed by atoms with Gasteiger partial charge in [-0.15, -0.1) is 0 Å². The lowest BCUT2D eigenvalue weighted by Gasteiger charge is -1.98. The second-order valence-electron chi connectivity index (χ2n) is 2.48. The molecule has 0 saturated heterocycles. The highest BCUT2D eigenvalue weighted by Crippen LogP contribution is 2.10. The normalized spacial score (nSPS) is 10.2. The average molecular weight is 177 g/mol. The summed E-state index contributed by atoms with van der Waals surface area (Å²) in [5.41, 5.74) is 0.371. The summed E-state index contributed by atoms with van der Waals surface area (Å²) in [7, 11) is 1.50. The van der Waals surface area contributed by atoms with Crippen molar-refractivity contribution in [1.29, 1.82) is 0 Å². The maximum Gasteiger partial charge on any atom is 0.258 e. The van der Waals surface area contributed by atoms with E-state index in [1.165, 1.54) is 19.6 Å². The standard InChI is InChI=1S/C8H7N3O2/c1-13-7-2-5-6(3-9-7)10-4-11-8(5)12/h2-4H,1H3,(H,10,11,12). The Morgan fingerprint density at radius 3 is 3.08 bits per heavy atom. The van der Waals surface area contributed by atoms with Gasteiger partial charge in [0.25, 0.3) is 5.56 Å². The summed E-state index contributed by atoms with van der Waals surface area (Å²) in [6.45, 7) is 0. The Labute approximate surface area is 73.4 Å². The van der Waals surface area contributed by atoms with Crippen molar-refractivity contribution in [1.82, 2.24) is 15.0 Å². The second kappa shape index (κ2) is 2.85. The smallest absolute Gasteiger partial charge is 0.258 e. The predicted molar refractivity (Wildman–Crippen MR) is 46.7 cm³/mol. The van der Waals surface area contributed by atoms with Crippen LogP contribution >= 0.6 is 0 Å². The molecule has 0 aliphatic heterocycles. The largest absolute Gasteiger partial charge is 0.481 e. The summed E-state index contributed by atoms with van der Waals surface area (Å²) < 4.78 is 4.89. The van der Waals surface area contributed by atoms with Crippen LogP contribution < -0.4 is 10.3 Å². The van der Waals surface area contributed by atoms with Gasteiger partial charge in [0.05, 0.1) is 30.5 Å². The molecule has 0 aromatic carbocycles. The number of hydrogen-bond acceptors (Lipinski definition) is 4. The molecule has 0 saturated carbocycles. The van der Waals surface area contributed by atoms with Crippen LogP contribution in [0.1, 0.15) is 0 Å². The zero-order valence-corrected chi connectivity index (χ0v) is 6.94. The van der Waals surface area contributed by atoms with Crippen LogP contribution in [0.3, 0.4) is 0 Å². The van der Waals surface area contributed by atoms with E-state index in [-0.39, 0.29) is 5.56 Å². The lowest BCUT2D eigenvalue weighted by atomic mass is 10.3. The molecule has 2 rings (SSSR count). The lowest BCUT2D eigenvalue weighted by molar-refractivity contribution is 0.398. The van der Waals surface area contributed by atoms with Crippen molar-refractivity contribution in [2.75, 3.05) is 7.11 Å². The molecule has 0 spiro atoms. The summed E-state index contributed by atoms with van der Waals surface area (Å²) >= 11 is 0. The second-order valence-corrected chi connectivity index (χ2v) is 2.48. The topological polar surface area (TPSA) is 67.9 Å². The van der Waals surface area contributed by atoms with Crippen LogP contribution in [0.2, 0.25) is 0 Å².